The van der Waals surface area contributed by atoms with Crippen molar-refractivity contribution in [1.82, 2.24) is 15.5 Å². The number of nitrogens with zero attached hydrogens (tertiary/aromatic N) is 2. The molecule has 1 saturated heterocycles. The first kappa shape index (κ1) is 21.8. The smallest absolute Gasteiger partial charge is 0.251 e. The van der Waals surface area contributed by atoms with Crippen LogP contribution in [0.4, 0.5) is 13.2 Å². The maximum Gasteiger partial charge on any atom is 0.251 e. The summed E-state index contributed by atoms with van der Waals surface area (Å²) in [6, 6.07) is 4.36. The van der Waals surface area contributed by atoms with Crippen LogP contribution in [0.3, 0.4) is 0 Å². The third-order valence-electron chi connectivity index (χ3n) is 4.02. The van der Waals surface area contributed by atoms with Gasteiger partial charge in [0.2, 0.25) is 0 Å². The van der Waals surface area contributed by atoms with Gasteiger partial charge in [0.25, 0.3) is 6.43 Å². The summed E-state index contributed by atoms with van der Waals surface area (Å²) in [5, 5.41) is 15.5. The molecule has 1 aromatic rings. The van der Waals surface area contributed by atoms with Gasteiger partial charge in [-0.2, -0.15) is 0 Å². The standard InChI is InChI=1S/C16H23F3N4O.HI/c1-20-16(21-9-11-2-3-14(24)13(17)8-11)22-12-4-6-23(7-5-12)10-15(18)19;/h2-3,8,12,15,24H,4-7,9-10H2,1H3,(H2,20,21,22);1H. The number of rotatable bonds is 5. The van der Waals surface area contributed by atoms with Crippen LogP contribution in [0, 0.1) is 5.82 Å². The minimum atomic E-state index is -2.30. The zero-order chi connectivity index (χ0) is 17.5. The molecule has 3 N–H and O–H groups in total. The Morgan fingerprint density at radius 2 is 2.04 bits per heavy atom. The third-order valence-corrected chi connectivity index (χ3v) is 4.02. The van der Waals surface area contributed by atoms with Gasteiger partial charge in [0.15, 0.2) is 17.5 Å². The molecule has 1 fully saturated rings. The van der Waals surface area contributed by atoms with Gasteiger partial charge in [-0.1, -0.05) is 6.07 Å². The monoisotopic (exact) mass is 472 g/mol. The lowest BCUT2D eigenvalue weighted by Crippen LogP contribution is -2.49. The molecule has 1 aromatic carbocycles. The molecule has 1 aliphatic rings. The van der Waals surface area contributed by atoms with Crippen molar-refractivity contribution in [3.05, 3.63) is 29.6 Å². The number of aliphatic imine (C=N–C) groups is 1. The van der Waals surface area contributed by atoms with E-state index in [1.165, 1.54) is 12.1 Å². The zero-order valence-electron chi connectivity index (χ0n) is 14.0. The van der Waals surface area contributed by atoms with Crippen LogP contribution in [-0.2, 0) is 6.54 Å². The molecular weight excluding hydrogens is 448 g/mol. The number of guanidine groups is 1. The Morgan fingerprint density at radius 1 is 1.36 bits per heavy atom. The molecular formula is C16H24F3IN4O. The summed E-state index contributed by atoms with van der Waals surface area (Å²) in [7, 11) is 1.64. The topological polar surface area (TPSA) is 59.9 Å². The molecule has 0 aliphatic carbocycles. The Hall–Kier alpha value is -1.23. The van der Waals surface area contributed by atoms with E-state index < -0.39 is 12.2 Å². The number of hydrogen-bond donors (Lipinski definition) is 3. The number of benzene rings is 1. The van der Waals surface area contributed by atoms with Gasteiger partial charge in [-0.05, 0) is 30.5 Å². The van der Waals surface area contributed by atoms with Crippen LogP contribution in [0.1, 0.15) is 18.4 Å². The average Bonchev–Trinajstić information content (AvgIpc) is 2.55. The van der Waals surface area contributed by atoms with Gasteiger partial charge in [-0.25, -0.2) is 13.2 Å². The fourth-order valence-corrected chi connectivity index (χ4v) is 2.69. The van der Waals surface area contributed by atoms with Gasteiger partial charge in [0.1, 0.15) is 0 Å². The largest absolute Gasteiger partial charge is 0.505 e. The Labute approximate surface area is 162 Å². The maximum absolute atomic E-state index is 13.3. The van der Waals surface area contributed by atoms with Crippen molar-refractivity contribution in [2.45, 2.75) is 31.9 Å². The SMILES string of the molecule is CN=C(NCc1ccc(O)c(F)c1)NC1CCN(CC(F)F)CC1.I. The Balaban J connectivity index is 0.00000312. The summed E-state index contributed by atoms with van der Waals surface area (Å²) in [6.07, 6.45) is -0.766. The van der Waals surface area contributed by atoms with Crippen molar-refractivity contribution in [3.63, 3.8) is 0 Å². The highest BCUT2D eigenvalue weighted by Crippen LogP contribution is 2.16. The molecule has 0 bridgehead atoms. The Morgan fingerprint density at radius 3 is 2.60 bits per heavy atom. The molecule has 9 heteroatoms. The van der Waals surface area contributed by atoms with Gasteiger partial charge in [-0.15, -0.1) is 24.0 Å². The number of nitrogens with one attached hydrogen (secondary N) is 2. The van der Waals surface area contributed by atoms with Crippen LogP contribution in [0.15, 0.2) is 23.2 Å². The van der Waals surface area contributed by atoms with Crippen LogP contribution in [-0.4, -0.2) is 55.1 Å². The second-order valence-electron chi connectivity index (χ2n) is 5.82. The van der Waals surface area contributed by atoms with E-state index in [0.717, 1.165) is 12.8 Å². The predicted octanol–water partition coefficient (Wildman–Crippen LogP) is 2.54. The van der Waals surface area contributed by atoms with Crippen LogP contribution in [0.25, 0.3) is 0 Å². The number of phenolic OH excluding ortho intramolecular Hbond substituents is 1. The summed E-state index contributed by atoms with van der Waals surface area (Å²) in [5.74, 6) is -0.462. The summed E-state index contributed by atoms with van der Waals surface area (Å²) in [4.78, 5) is 5.88. The highest BCUT2D eigenvalue weighted by Gasteiger charge is 2.21. The van der Waals surface area contributed by atoms with Crippen molar-refractivity contribution in [1.29, 1.82) is 0 Å². The third kappa shape index (κ3) is 7.27. The molecule has 0 spiro atoms. The second-order valence-corrected chi connectivity index (χ2v) is 5.82. The Bertz CT molecular complexity index is 566. The maximum atomic E-state index is 13.3. The van der Waals surface area contributed by atoms with Crippen molar-refractivity contribution >= 4 is 29.9 Å². The number of hydrogen-bond acceptors (Lipinski definition) is 3. The number of alkyl halides is 2. The molecule has 0 amide bonds. The highest BCUT2D eigenvalue weighted by molar-refractivity contribution is 14.0. The molecule has 0 unspecified atom stereocenters. The first-order chi connectivity index (χ1) is 11.5. The quantitative estimate of drug-likeness (QED) is 0.351. The van der Waals surface area contributed by atoms with Gasteiger partial charge in [0.05, 0.1) is 6.54 Å². The van der Waals surface area contributed by atoms with E-state index >= 15 is 0 Å². The average molecular weight is 472 g/mol. The molecule has 0 atom stereocenters. The lowest BCUT2D eigenvalue weighted by Gasteiger charge is -2.32. The first-order valence-electron chi connectivity index (χ1n) is 7.93. The van der Waals surface area contributed by atoms with E-state index in [2.05, 4.69) is 15.6 Å². The molecule has 25 heavy (non-hydrogen) atoms. The predicted molar refractivity (Wildman–Crippen MR) is 102 cm³/mol. The molecule has 0 radical (unpaired) electrons. The summed E-state index contributed by atoms with van der Waals surface area (Å²) in [5.41, 5.74) is 0.681. The van der Waals surface area contributed by atoms with E-state index in [9.17, 15) is 18.3 Å². The number of aromatic hydroxyl groups is 1. The van der Waals surface area contributed by atoms with E-state index in [0.29, 0.717) is 31.2 Å². The number of likely N-dealkylation sites (tertiary alicyclic amines) is 1. The van der Waals surface area contributed by atoms with Gasteiger partial charge < -0.3 is 15.7 Å². The molecule has 0 saturated carbocycles. The molecule has 1 heterocycles. The van der Waals surface area contributed by atoms with Crippen LogP contribution >= 0.6 is 24.0 Å². The molecule has 0 aromatic heterocycles. The number of halogens is 4. The summed E-state index contributed by atoms with van der Waals surface area (Å²) in [6.45, 7) is 1.44. The fourth-order valence-electron chi connectivity index (χ4n) is 2.69. The molecule has 142 valence electrons. The lowest BCUT2D eigenvalue weighted by atomic mass is 10.1. The number of piperidine rings is 1. The van der Waals surface area contributed by atoms with Gasteiger partial charge >= 0.3 is 0 Å². The zero-order valence-corrected chi connectivity index (χ0v) is 16.3. The highest BCUT2D eigenvalue weighted by atomic mass is 127. The van der Waals surface area contributed by atoms with Gasteiger partial charge in [-0.3, -0.25) is 9.89 Å². The van der Waals surface area contributed by atoms with Crippen molar-refractivity contribution in [2.24, 2.45) is 4.99 Å². The van der Waals surface area contributed by atoms with Crippen molar-refractivity contribution < 1.29 is 18.3 Å². The molecule has 5 nitrogen and oxygen atoms in total. The van der Waals surface area contributed by atoms with Crippen LogP contribution in [0.5, 0.6) is 5.75 Å². The van der Waals surface area contributed by atoms with E-state index in [1.54, 1.807) is 18.0 Å². The van der Waals surface area contributed by atoms with E-state index in [-0.39, 0.29) is 42.3 Å². The van der Waals surface area contributed by atoms with Gasteiger partial charge in [0, 0.05) is 32.7 Å². The second kappa shape index (κ2) is 10.7. The minimum absolute atomic E-state index is 0. The summed E-state index contributed by atoms with van der Waals surface area (Å²) < 4.78 is 38.0. The minimum Gasteiger partial charge on any atom is -0.505 e. The van der Waals surface area contributed by atoms with Crippen LogP contribution in [0.2, 0.25) is 0 Å². The molecule has 1 aliphatic heterocycles. The van der Waals surface area contributed by atoms with E-state index in [1.807, 2.05) is 0 Å². The summed E-state index contributed by atoms with van der Waals surface area (Å²) >= 11 is 0. The van der Waals surface area contributed by atoms with Crippen molar-refractivity contribution in [2.75, 3.05) is 26.7 Å². The van der Waals surface area contributed by atoms with E-state index in [4.69, 9.17) is 0 Å². The Kier molecular flexibility index (Phi) is 9.33. The normalized spacial score (nSPS) is 16.6. The lowest BCUT2D eigenvalue weighted by molar-refractivity contribution is 0.0744. The van der Waals surface area contributed by atoms with Crippen molar-refractivity contribution in [3.8, 4) is 5.75 Å². The van der Waals surface area contributed by atoms with Crippen LogP contribution < -0.4 is 10.6 Å². The molecule has 2 rings (SSSR count). The fraction of sp³-hybridized carbons (Fsp3) is 0.562. The number of phenols is 1. The first-order valence-corrected chi connectivity index (χ1v) is 7.93.